The minimum Gasteiger partial charge on any atom is -0.425 e. The molecule has 4 aromatic rings. The number of amides is 4. The van der Waals surface area contributed by atoms with Gasteiger partial charge in [0.05, 0.1) is 18.6 Å². The van der Waals surface area contributed by atoms with Crippen molar-refractivity contribution in [3.8, 4) is 5.75 Å². The van der Waals surface area contributed by atoms with Gasteiger partial charge < -0.3 is 29.1 Å². The lowest BCUT2D eigenvalue weighted by Gasteiger charge is -2.55. The monoisotopic (exact) mass is 754 g/mol. The predicted octanol–water partition coefficient (Wildman–Crippen LogP) is 5.34. The first-order chi connectivity index (χ1) is 25.7. The van der Waals surface area contributed by atoms with Crippen LogP contribution in [0.1, 0.15) is 47.3 Å². The summed E-state index contributed by atoms with van der Waals surface area (Å²) < 4.78 is 18.9. The largest absolute Gasteiger partial charge is 0.425 e. The molecule has 3 aromatic carbocycles. The molecule has 0 spiro atoms. The number of piperazine rings is 1. The van der Waals surface area contributed by atoms with Gasteiger partial charge in [0.2, 0.25) is 11.8 Å². The first-order valence-electron chi connectivity index (χ1n) is 18.0. The van der Waals surface area contributed by atoms with Crippen molar-refractivity contribution in [2.75, 3.05) is 26.3 Å². The van der Waals surface area contributed by atoms with Gasteiger partial charge in [-0.15, -0.1) is 6.58 Å². The van der Waals surface area contributed by atoms with Gasteiger partial charge in [-0.25, -0.2) is 19.4 Å². The van der Waals surface area contributed by atoms with E-state index in [1.165, 1.54) is 9.91 Å². The Morgan fingerprint density at radius 1 is 1.04 bits per heavy atom. The van der Waals surface area contributed by atoms with Crippen molar-refractivity contribution in [1.82, 2.24) is 29.7 Å². The van der Waals surface area contributed by atoms with E-state index >= 15 is 0 Å². The Labute approximate surface area is 315 Å². The van der Waals surface area contributed by atoms with E-state index in [-0.39, 0.29) is 68.4 Å². The molecule has 2 saturated heterocycles. The van der Waals surface area contributed by atoms with Crippen molar-refractivity contribution in [3.63, 3.8) is 0 Å². The minimum atomic E-state index is -3.79. The highest BCUT2D eigenvalue weighted by atomic mass is 31.2. The molecular formula is C40H47N6O7P. The van der Waals surface area contributed by atoms with Crippen LogP contribution < -0.4 is 9.84 Å². The highest BCUT2D eigenvalue weighted by Crippen LogP contribution is 2.38. The van der Waals surface area contributed by atoms with E-state index in [1.54, 1.807) is 40.3 Å². The van der Waals surface area contributed by atoms with Crippen LogP contribution in [0, 0.1) is 5.92 Å². The van der Waals surface area contributed by atoms with Gasteiger partial charge in [0.1, 0.15) is 18.0 Å². The minimum absolute atomic E-state index is 0.0302. The van der Waals surface area contributed by atoms with Gasteiger partial charge in [-0.3, -0.25) is 14.4 Å². The number of Topliss-reactive ketones (excluding diaryl/α,β-unsaturated/α-hetero) is 1. The number of hydrazine groups is 1. The number of aryl methyl sites for hydroxylation is 1. The molecule has 6 rings (SSSR count). The van der Waals surface area contributed by atoms with Crippen molar-refractivity contribution < 1.29 is 33.2 Å². The molecule has 13 nitrogen and oxygen atoms in total. The van der Waals surface area contributed by atoms with Crippen LogP contribution in [0.4, 0.5) is 4.79 Å². The van der Waals surface area contributed by atoms with Gasteiger partial charge in [-0.1, -0.05) is 80.6 Å². The van der Waals surface area contributed by atoms with Gasteiger partial charge in [-0.05, 0) is 34.7 Å². The summed E-state index contributed by atoms with van der Waals surface area (Å²) in [5.41, 5.74) is 3.86. The molecule has 14 heteroatoms. The number of hydrogen-bond acceptors (Lipinski definition) is 7. The number of carbonyl (C=O) groups is 4. The first-order valence-corrected chi connectivity index (χ1v) is 20.0. The molecule has 3 atom stereocenters. The zero-order valence-electron chi connectivity index (χ0n) is 31.1. The van der Waals surface area contributed by atoms with Gasteiger partial charge in [0.25, 0.3) is 0 Å². The summed E-state index contributed by atoms with van der Waals surface area (Å²) in [5, 5.41) is 6.99. The van der Waals surface area contributed by atoms with E-state index < -0.39 is 25.8 Å². The fourth-order valence-electron chi connectivity index (χ4n) is 7.39. The van der Waals surface area contributed by atoms with E-state index in [0.717, 1.165) is 28.7 Å². The molecular weight excluding hydrogens is 707 g/mol. The van der Waals surface area contributed by atoms with E-state index in [0.29, 0.717) is 17.5 Å². The number of rotatable bonds is 13. The average Bonchev–Trinajstić information content (AvgIpc) is 3.46. The smallest absolute Gasteiger partial charge is 0.373 e. The highest BCUT2D eigenvalue weighted by molar-refractivity contribution is 7.52. The quantitative estimate of drug-likeness (QED) is 0.106. The molecule has 1 aromatic heterocycles. The number of urea groups is 1. The third-order valence-electron chi connectivity index (χ3n) is 9.63. The standard InChI is InChI=1S/C40H47N6O7P/c1-6-19-44-26-37(48)45-34(21-28-15-17-31(18-16-28)53-54(5,51)52)39(49)43(25-36(45)46(44)40(50)41-22-29-11-8-7-9-12-29)23-30-13-10-14-32-33(24-42(4)38(30)32)35(47)20-27(2)3/h6-18,24,27,34,36H,1,19-23,25-26H2,2-5H3,(H,41,50)(H,51,52). The molecule has 0 radical (unpaired) electrons. The van der Waals surface area contributed by atoms with Crippen molar-refractivity contribution >= 4 is 42.1 Å². The summed E-state index contributed by atoms with van der Waals surface area (Å²) >= 11 is 0. The zero-order chi connectivity index (χ0) is 38.7. The number of nitrogens with zero attached hydrogens (tertiary/aromatic N) is 5. The summed E-state index contributed by atoms with van der Waals surface area (Å²) in [4.78, 5) is 69.0. The fraction of sp³-hybridized carbons (Fsp3) is 0.350. The van der Waals surface area contributed by atoms with Crippen LogP contribution in [0.5, 0.6) is 5.75 Å². The number of benzene rings is 3. The lowest BCUT2D eigenvalue weighted by molar-refractivity contribution is -0.189. The summed E-state index contributed by atoms with van der Waals surface area (Å²) in [6.45, 7) is 9.50. The maximum atomic E-state index is 14.7. The highest BCUT2D eigenvalue weighted by Gasteiger charge is 2.51. The number of aromatic nitrogens is 1. The molecule has 2 aliphatic rings. The summed E-state index contributed by atoms with van der Waals surface area (Å²) in [7, 11) is -1.91. The molecule has 2 aliphatic heterocycles. The average molecular weight is 755 g/mol. The molecule has 2 fully saturated rings. The van der Waals surface area contributed by atoms with Gasteiger partial charge in [0, 0.05) is 63.3 Å². The Hall–Kier alpha value is -5.23. The predicted molar refractivity (Wildman–Crippen MR) is 205 cm³/mol. The number of hydrogen-bond donors (Lipinski definition) is 2. The second-order valence-electron chi connectivity index (χ2n) is 14.4. The van der Waals surface area contributed by atoms with Crippen molar-refractivity contribution in [1.29, 1.82) is 0 Å². The maximum Gasteiger partial charge on any atom is 0.373 e. The van der Waals surface area contributed by atoms with Crippen LogP contribution in [-0.4, -0.2) is 91.4 Å². The second-order valence-corrected chi connectivity index (χ2v) is 16.2. The molecule has 284 valence electrons. The number of ketones is 1. The van der Waals surface area contributed by atoms with Gasteiger partial charge in [-0.2, -0.15) is 0 Å². The SMILES string of the molecule is C=CCN1CC(=O)N2C(Cc3ccc(OP(C)(=O)O)cc3)C(=O)N(Cc3cccc4c(C(=O)CC(C)C)cn(C)c34)CC2N1C(=O)NCc1ccccc1. The molecule has 3 heterocycles. The van der Waals surface area contributed by atoms with Crippen LogP contribution in [0.25, 0.3) is 10.9 Å². The Kier molecular flexibility index (Phi) is 11.4. The summed E-state index contributed by atoms with van der Waals surface area (Å²) in [6, 6.07) is 20.3. The third kappa shape index (κ3) is 8.44. The van der Waals surface area contributed by atoms with Crippen molar-refractivity contribution in [2.24, 2.45) is 13.0 Å². The summed E-state index contributed by atoms with van der Waals surface area (Å²) in [5.74, 6) is -0.164. The molecule has 4 amide bonds. The first kappa shape index (κ1) is 38.5. The molecule has 0 aliphatic carbocycles. The van der Waals surface area contributed by atoms with E-state index in [1.807, 2.05) is 80.2 Å². The lowest BCUT2D eigenvalue weighted by atomic mass is 9.97. The normalized spacial score (nSPS) is 18.8. The fourth-order valence-corrected chi connectivity index (χ4v) is 7.91. The molecule has 54 heavy (non-hydrogen) atoms. The number of carbonyl (C=O) groups excluding carboxylic acids is 4. The van der Waals surface area contributed by atoms with Crippen LogP contribution in [0.2, 0.25) is 0 Å². The molecule has 2 N–H and O–H groups in total. The van der Waals surface area contributed by atoms with Crippen molar-refractivity contribution in [2.45, 2.75) is 52.0 Å². The zero-order valence-corrected chi connectivity index (χ0v) is 31.9. The van der Waals surface area contributed by atoms with Crippen LogP contribution in [0.3, 0.4) is 0 Å². The number of fused-ring (bicyclic) bond motifs is 2. The third-order valence-corrected chi connectivity index (χ3v) is 10.2. The van der Waals surface area contributed by atoms with Crippen LogP contribution in [-0.2, 0) is 40.7 Å². The van der Waals surface area contributed by atoms with E-state index in [4.69, 9.17) is 4.52 Å². The molecule has 0 bridgehead atoms. The Balaban J connectivity index is 1.38. The maximum absolute atomic E-state index is 14.7. The topological polar surface area (TPSA) is 145 Å². The molecule has 3 unspecified atom stereocenters. The Bertz CT molecular complexity index is 2090. The van der Waals surface area contributed by atoms with Crippen LogP contribution in [0.15, 0.2) is 91.6 Å². The van der Waals surface area contributed by atoms with Gasteiger partial charge >= 0.3 is 13.6 Å². The Morgan fingerprint density at radius 2 is 1.76 bits per heavy atom. The lowest BCUT2D eigenvalue weighted by Crippen LogP contribution is -2.76. The summed E-state index contributed by atoms with van der Waals surface area (Å²) in [6.07, 6.45) is 3.14. The second kappa shape index (κ2) is 16.0. The van der Waals surface area contributed by atoms with Crippen LogP contribution >= 0.6 is 7.60 Å². The number of nitrogens with one attached hydrogen (secondary N) is 1. The number of para-hydroxylation sites is 1. The van der Waals surface area contributed by atoms with E-state index in [2.05, 4.69) is 11.9 Å². The molecule has 0 saturated carbocycles. The van der Waals surface area contributed by atoms with E-state index in [9.17, 15) is 28.6 Å². The Morgan fingerprint density at radius 3 is 2.43 bits per heavy atom. The van der Waals surface area contributed by atoms with Crippen molar-refractivity contribution in [3.05, 3.63) is 114 Å². The van der Waals surface area contributed by atoms with Gasteiger partial charge in [0.15, 0.2) is 5.78 Å².